The van der Waals surface area contributed by atoms with E-state index in [1.54, 1.807) is 55.4 Å². The summed E-state index contributed by atoms with van der Waals surface area (Å²) in [5, 5.41) is 2.85. The average Bonchev–Trinajstić information content (AvgIpc) is 2.56. The Labute approximate surface area is 148 Å². The molecule has 0 bridgehead atoms. The molecule has 0 saturated heterocycles. The molecular formula is C20H24N2O3. The van der Waals surface area contributed by atoms with Gasteiger partial charge in [0.25, 0.3) is 5.91 Å². The molecule has 0 radical (unpaired) electrons. The van der Waals surface area contributed by atoms with E-state index < -0.39 is 0 Å². The fourth-order valence-corrected chi connectivity index (χ4v) is 2.20. The van der Waals surface area contributed by atoms with Crippen molar-refractivity contribution in [3.05, 3.63) is 59.7 Å². The van der Waals surface area contributed by atoms with Gasteiger partial charge in [-0.3, -0.25) is 9.59 Å². The van der Waals surface area contributed by atoms with Gasteiger partial charge >= 0.3 is 0 Å². The molecule has 0 aliphatic heterocycles. The quantitative estimate of drug-likeness (QED) is 0.877. The van der Waals surface area contributed by atoms with Crippen LogP contribution in [-0.4, -0.2) is 36.9 Å². The van der Waals surface area contributed by atoms with Crippen molar-refractivity contribution >= 4 is 17.5 Å². The van der Waals surface area contributed by atoms with E-state index in [0.29, 0.717) is 17.7 Å². The summed E-state index contributed by atoms with van der Waals surface area (Å²) in [6.07, 6.45) is 0.441. The largest absolute Gasteiger partial charge is 0.491 e. The van der Waals surface area contributed by atoms with Crippen LogP contribution in [0.1, 0.15) is 29.8 Å². The molecule has 0 unspecified atom stereocenters. The Kier molecular flexibility index (Phi) is 6.17. The van der Waals surface area contributed by atoms with Gasteiger partial charge in [-0.25, -0.2) is 0 Å². The summed E-state index contributed by atoms with van der Waals surface area (Å²) in [6.45, 7) is 3.91. The third kappa shape index (κ3) is 5.64. The van der Waals surface area contributed by atoms with Crippen LogP contribution in [0.5, 0.6) is 5.75 Å². The Morgan fingerprint density at radius 3 is 2.12 bits per heavy atom. The molecule has 2 aromatic rings. The smallest absolute Gasteiger partial charge is 0.255 e. The number of anilines is 1. The summed E-state index contributed by atoms with van der Waals surface area (Å²) in [6, 6.07) is 14.3. The zero-order valence-electron chi connectivity index (χ0n) is 15.1. The Balaban J connectivity index is 1.97. The minimum absolute atomic E-state index is 0.0421. The van der Waals surface area contributed by atoms with Crippen molar-refractivity contribution in [3.8, 4) is 5.75 Å². The van der Waals surface area contributed by atoms with Gasteiger partial charge in [0, 0.05) is 25.3 Å². The molecule has 5 heteroatoms. The zero-order chi connectivity index (χ0) is 18.4. The van der Waals surface area contributed by atoms with Crippen molar-refractivity contribution in [3.63, 3.8) is 0 Å². The van der Waals surface area contributed by atoms with E-state index in [1.807, 2.05) is 26.0 Å². The zero-order valence-corrected chi connectivity index (χ0v) is 15.1. The Morgan fingerprint density at radius 2 is 1.60 bits per heavy atom. The van der Waals surface area contributed by atoms with E-state index in [0.717, 1.165) is 11.3 Å². The predicted octanol–water partition coefficient (Wildman–Crippen LogP) is 3.36. The number of nitrogens with one attached hydrogen (secondary N) is 1. The summed E-state index contributed by atoms with van der Waals surface area (Å²) in [5.41, 5.74) is 2.16. The van der Waals surface area contributed by atoms with Crippen LogP contribution in [0.15, 0.2) is 48.5 Å². The lowest BCUT2D eigenvalue weighted by atomic mass is 10.1. The minimum atomic E-state index is -0.187. The molecule has 0 heterocycles. The first kappa shape index (κ1) is 18.5. The van der Waals surface area contributed by atoms with Crippen LogP contribution >= 0.6 is 0 Å². The molecule has 0 aromatic heterocycles. The average molecular weight is 340 g/mol. The topological polar surface area (TPSA) is 58.6 Å². The van der Waals surface area contributed by atoms with Gasteiger partial charge in [-0.2, -0.15) is 0 Å². The second-order valence-corrected chi connectivity index (χ2v) is 6.31. The molecule has 132 valence electrons. The number of rotatable bonds is 6. The Bertz CT molecular complexity index is 720. The Morgan fingerprint density at radius 1 is 1.00 bits per heavy atom. The van der Waals surface area contributed by atoms with Crippen molar-refractivity contribution in [1.82, 2.24) is 4.90 Å². The fourth-order valence-electron chi connectivity index (χ4n) is 2.20. The molecule has 0 aliphatic carbocycles. The molecule has 2 aromatic carbocycles. The molecule has 25 heavy (non-hydrogen) atoms. The van der Waals surface area contributed by atoms with E-state index >= 15 is 0 Å². The highest BCUT2D eigenvalue weighted by Crippen LogP contribution is 2.16. The van der Waals surface area contributed by atoms with E-state index in [9.17, 15) is 9.59 Å². The first-order valence-electron chi connectivity index (χ1n) is 8.22. The van der Waals surface area contributed by atoms with Crippen molar-refractivity contribution in [2.24, 2.45) is 0 Å². The van der Waals surface area contributed by atoms with Gasteiger partial charge in [-0.05, 0) is 55.8 Å². The first-order valence-corrected chi connectivity index (χ1v) is 8.22. The van der Waals surface area contributed by atoms with Gasteiger partial charge in [0.2, 0.25) is 5.91 Å². The van der Waals surface area contributed by atoms with Crippen LogP contribution in [0.25, 0.3) is 0 Å². The molecule has 0 fully saturated rings. The van der Waals surface area contributed by atoms with E-state index in [-0.39, 0.29) is 17.9 Å². The van der Waals surface area contributed by atoms with E-state index in [4.69, 9.17) is 4.74 Å². The third-order valence-corrected chi connectivity index (χ3v) is 3.55. The highest BCUT2D eigenvalue weighted by atomic mass is 16.5. The normalized spacial score (nSPS) is 10.4. The van der Waals surface area contributed by atoms with Crippen LogP contribution in [0.4, 0.5) is 5.69 Å². The molecule has 0 saturated carbocycles. The van der Waals surface area contributed by atoms with E-state index in [1.165, 1.54) is 0 Å². The number of carbonyl (C=O) groups is 2. The lowest BCUT2D eigenvalue weighted by molar-refractivity contribution is -0.127. The lowest BCUT2D eigenvalue weighted by Crippen LogP contribution is -2.23. The molecular weight excluding hydrogens is 316 g/mol. The number of hydrogen-bond donors (Lipinski definition) is 1. The van der Waals surface area contributed by atoms with Crippen molar-refractivity contribution in [2.45, 2.75) is 26.4 Å². The first-order chi connectivity index (χ1) is 11.8. The summed E-state index contributed by atoms with van der Waals surface area (Å²) >= 11 is 0. The standard InChI is InChI=1S/C20H24N2O3/c1-14(2)25-18-11-7-16(8-12-18)20(24)21-17-9-5-15(6-10-17)13-19(23)22(3)4/h5-12,14H,13H2,1-4H3,(H,21,24). The number of likely N-dealkylation sites (N-methyl/N-ethyl adjacent to an activating group) is 1. The van der Waals surface area contributed by atoms with Gasteiger partial charge in [-0.15, -0.1) is 0 Å². The van der Waals surface area contributed by atoms with Crippen LogP contribution in [0.3, 0.4) is 0 Å². The summed E-state index contributed by atoms with van der Waals surface area (Å²) in [4.78, 5) is 25.5. The highest BCUT2D eigenvalue weighted by Gasteiger charge is 2.08. The number of carbonyl (C=O) groups excluding carboxylic acids is 2. The lowest BCUT2D eigenvalue weighted by Gasteiger charge is -2.11. The highest BCUT2D eigenvalue weighted by molar-refractivity contribution is 6.04. The summed E-state index contributed by atoms with van der Waals surface area (Å²) < 4.78 is 5.57. The minimum Gasteiger partial charge on any atom is -0.491 e. The van der Waals surface area contributed by atoms with Gasteiger partial charge in [0.15, 0.2) is 0 Å². The number of nitrogens with zero attached hydrogens (tertiary/aromatic N) is 1. The second kappa shape index (κ2) is 8.33. The third-order valence-electron chi connectivity index (χ3n) is 3.55. The molecule has 0 atom stereocenters. The van der Waals surface area contributed by atoms with E-state index in [2.05, 4.69) is 5.32 Å². The molecule has 2 rings (SSSR count). The van der Waals surface area contributed by atoms with Gasteiger partial charge in [0.1, 0.15) is 5.75 Å². The molecule has 0 spiro atoms. The van der Waals surface area contributed by atoms with Crippen LogP contribution in [0.2, 0.25) is 0 Å². The monoisotopic (exact) mass is 340 g/mol. The van der Waals surface area contributed by atoms with Crippen LogP contribution < -0.4 is 10.1 Å². The number of amides is 2. The predicted molar refractivity (Wildman–Crippen MR) is 99.0 cm³/mol. The maximum absolute atomic E-state index is 12.3. The number of hydrogen-bond acceptors (Lipinski definition) is 3. The Hall–Kier alpha value is -2.82. The molecule has 5 nitrogen and oxygen atoms in total. The number of ether oxygens (including phenoxy) is 1. The van der Waals surface area contributed by atoms with Crippen molar-refractivity contribution < 1.29 is 14.3 Å². The molecule has 2 amide bonds. The summed E-state index contributed by atoms with van der Waals surface area (Å²) in [7, 11) is 3.46. The van der Waals surface area contributed by atoms with Gasteiger partial charge in [0.05, 0.1) is 12.5 Å². The van der Waals surface area contributed by atoms with Gasteiger partial charge < -0.3 is 15.0 Å². The SMILES string of the molecule is CC(C)Oc1ccc(C(=O)Nc2ccc(CC(=O)N(C)C)cc2)cc1. The second-order valence-electron chi connectivity index (χ2n) is 6.31. The summed E-state index contributed by atoms with van der Waals surface area (Å²) in [5.74, 6) is 0.593. The van der Waals surface area contributed by atoms with Crippen LogP contribution in [-0.2, 0) is 11.2 Å². The molecule has 0 aliphatic rings. The number of benzene rings is 2. The maximum Gasteiger partial charge on any atom is 0.255 e. The fraction of sp³-hybridized carbons (Fsp3) is 0.300. The van der Waals surface area contributed by atoms with Crippen molar-refractivity contribution in [2.75, 3.05) is 19.4 Å². The molecule has 1 N–H and O–H groups in total. The van der Waals surface area contributed by atoms with Crippen molar-refractivity contribution in [1.29, 1.82) is 0 Å². The van der Waals surface area contributed by atoms with Crippen LogP contribution in [0, 0.1) is 0 Å². The maximum atomic E-state index is 12.3. The van der Waals surface area contributed by atoms with Gasteiger partial charge in [-0.1, -0.05) is 12.1 Å².